The molecular weight excluding hydrogens is 805 g/mol. The van der Waals surface area contributed by atoms with E-state index in [1.807, 2.05) is 11.3 Å². The van der Waals surface area contributed by atoms with Gasteiger partial charge in [0.25, 0.3) is 0 Å². The number of benzene rings is 11. The van der Waals surface area contributed by atoms with Gasteiger partial charge >= 0.3 is 0 Å². The molecule has 2 nitrogen and oxygen atoms in total. The van der Waals surface area contributed by atoms with Crippen molar-refractivity contribution in [3.05, 3.63) is 255 Å². The Morgan fingerprint density at radius 2 is 0.646 bits per heavy atom. The second-order valence-corrected chi connectivity index (χ2v) is 17.6. The lowest BCUT2D eigenvalue weighted by atomic mass is 9.93. The molecule has 65 heavy (non-hydrogen) atoms. The van der Waals surface area contributed by atoms with Crippen molar-refractivity contribution < 1.29 is 0 Å². The van der Waals surface area contributed by atoms with E-state index in [0.717, 1.165) is 45.3 Å². The third-order valence-electron chi connectivity index (χ3n) is 12.6. The lowest BCUT2D eigenvalue weighted by Crippen LogP contribution is -2.10. The van der Waals surface area contributed by atoms with Gasteiger partial charge in [-0.2, -0.15) is 0 Å². The normalized spacial score (nSPS) is 11.4. The predicted molar refractivity (Wildman–Crippen MR) is 280 cm³/mol. The van der Waals surface area contributed by atoms with Gasteiger partial charge < -0.3 is 9.80 Å². The van der Waals surface area contributed by atoms with Gasteiger partial charge in [-0.1, -0.05) is 164 Å². The van der Waals surface area contributed by atoms with Crippen LogP contribution in [0.1, 0.15) is 0 Å². The molecule has 1 heterocycles. The van der Waals surface area contributed by atoms with Crippen LogP contribution in [0.3, 0.4) is 0 Å². The van der Waals surface area contributed by atoms with E-state index in [9.17, 15) is 0 Å². The van der Waals surface area contributed by atoms with Crippen LogP contribution < -0.4 is 9.80 Å². The summed E-state index contributed by atoms with van der Waals surface area (Å²) in [5.74, 6) is 0. The first-order chi connectivity index (χ1) is 32.2. The summed E-state index contributed by atoms with van der Waals surface area (Å²) in [7, 11) is 0. The molecule has 0 saturated heterocycles. The first-order valence-electron chi connectivity index (χ1n) is 22.2. The molecule has 0 aliphatic heterocycles. The van der Waals surface area contributed by atoms with Crippen LogP contribution in [0.15, 0.2) is 255 Å². The van der Waals surface area contributed by atoms with Gasteiger partial charge in [-0.25, -0.2) is 0 Å². The molecule has 0 amide bonds. The van der Waals surface area contributed by atoms with Gasteiger partial charge in [0.1, 0.15) is 0 Å². The minimum absolute atomic E-state index is 1.10. The van der Waals surface area contributed by atoms with E-state index in [1.54, 1.807) is 0 Å². The average Bonchev–Trinajstić information content (AvgIpc) is 3.76. The lowest BCUT2D eigenvalue weighted by Gasteiger charge is -2.27. The molecule has 0 bridgehead atoms. The minimum Gasteiger partial charge on any atom is -0.310 e. The SMILES string of the molecule is c1ccc(-c2ccc(N(c3ccc(-c4ccc(N(c5ccccc5)c5ccc6c(-c7ccccc7)cc7ccccc7c6c5)cc4)cc3)c3ccc4sc5ccccc5c4c3)cc2)cc1. The average molecular weight is 847 g/mol. The van der Waals surface area contributed by atoms with Crippen molar-refractivity contribution in [1.29, 1.82) is 0 Å². The van der Waals surface area contributed by atoms with Gasteiger partial charge in [-0.3, -0.25) is 0 Å². The van der Waals surface area contributed by atoms with Gasteiger partial charge in [0.15, 0.2) is 0 Å². The van der Waals surface area contributed by atoms with Crippen LogP contribution >= 0.6 is 11.3 Å². The molecule has 306 valence electrons. The zero-order valence-electron chi connectivity index (χ0n) is 35.6. The number of rotatable bonds is 9. The molecule has 0 radical (unpaired) electrons. The monoisotopic (exact) mass is 846 g/mol. The van der Waals surface area contributed by atoms with E-state index < -0.39 is 0 Å². The van der Waals surface area contributed by atoms with Gasteiger partial charge in [0, 0.05) is 54.3 Å². The molecule has 0 fully saturated rings. The Kier molecular flexibility index (Phi) is 9.74. The molecule has 0 aliphatic rings. The second-order valence-electron chi connectivity index (χ2n) is 16.5. The summed E-state index contributed by atoms with van der Waals surface area (Å²) >= 11 is 1.85. The van der Waals surface area contributed by atoms with Gasteiger partial charge in [-0.05, 0) is 146 Å². The molecule has 0 atom stereocenters. The summed E-state index contributed by atoms with van der Waals surface area (Å²) in [5, 5.41) is 7.54. The van der Waals surface area contributed by atoms with Gasteiger partial charge in [-0.15, -0.1) is 11.3 Å². The molecule has 3 heteroatoms. The molecule has 0 spiro atoms. The number of nitrogens with zero attached hydrogens (tertiary/aromatic N) is 2. The van der Waals surface area contributed by atoms with E-state index in [0.29, 0.717) is 0 Å². The number of hydrogen-bond donors (Lipinski definition) is 0. The van der Waals surface area contributed by atoms with E-state index >= 15 is 0 Å². The van der Waals surface area contributed by atoms with E-state index in [1.165, 1.54) is 64.0 Å². The molecule has 1 aromatic heterocycles. The van der Waals surface area contributed by atoms with Crippen molar-refractivity contribution in [1.82, 2.24) is 0 Å². The Morgan fingerprint density at radius 1 is 0.231 bits per heavy atom. The van der Waals surface area contributed by atoms with Crippen molar-refractivity contribution in [2.45, 2.75) is 0 Å². The Bertz CT molecular complexity index is 3620. The van der Waals surface area contributed by atoms with E-state index in [2.05, 4.69) is 265 Å². The Balaban J connectivity index is 0.907. The van der Waals surface area contributed by atoms with Crippen LogP contribution in [0.25, 0.3) is 75.1 Å². The molecule has 0 N–H and O–H groups in total. The minimum atomic E-state index is 1.10. The van der Waals surface area contributed by atoms with Crippen LogP contribution in [-0.2, 0) is 0 Å². The summed E-state index contributed by atoms with van der Waals surface area (Å²) in [4.78, 5) is 4.74. The molecule has 12 rings (SSSR count). The highest BCUT2D eigenvalue weighted by molar-refractivity contribution is 7.25. The maximum absolute atomic E-state index is 2.38. The molecule has 0 saturated carbocycles. The maximum atomic E-state index is 2.38. The number of para-hydroxylation sites is 1. The van der Waals surface area contributed by atoms with Gasteiger partial charge in [0.05, 0.1) is 0 Å². The highest BCUT2D eigenvalue weighted by Crippen LogP contribution is 2.44. The smallest absolute Gasteiger partial charge is 0.0468 e. The van der Waals surface area contributed by atoms with Crippen molar-refractivity contribution in [3.8, 4) is 33.4 Å². The van der Waals surface area contributed by atoms with Crippen molar-refractivity contribution >= 4 is 87.2 Å². The maximum Gasteiger partial charge on any atom is 0.0468 e. The highest BCUT2D eigenvalue weighted by Gasteiger charge is 2.18. The number of thiophene rings is 1. The molecule has 0 aliphatic carbocycles. The zero-order chi connectivity index (χ0) is 43.1. The van der Waals surface area contributed by atoms with Gasteiger partial charge in [0.2, 0.25) is 0 Å². The zero-order valence-corrected chi connectivity index (χ0v) is 36.4. The van der Waals surface area contributed by atoms with E-state index in [-0.39, 0.29) is 0 Å². The van der Waals surface area contributed by atoms with Crippen LogP contribution in [0.4, 0.5) is 34.1 Å². The van der Waals surface area contributed by atoms with E-state index in [4.69, 9.17) is 0 Å². The number of anilines is 6. The van der Waals surface area contributed by atoms with Crippen molar-refractivity contribution in [2.75, 3.05) is 9.80 Å². The summed E-state index contributed by atoms with van der Waals surface area (Å²) in [6, 6.07) is 92.6. The number of fused-ring (bicyclic) bond motifs is 6. The molecule has 12 aromatic rings. The standard InChI is InChI=1S/C62H42N2S/c1-4-14-43(15-5-1)44-24-30-51(31-25-44)64(54-37-39-62-60(42-54)57-22-12-13-23-61(57)65-62)52-34-28-46(29-35-52)45-26-32-50(33-27-45)63(49-19-8-3-9-20-49)53-36-38-56-58(47-16-6-2-7-17-47)40-48-18-10-11-21-55(48)59(56)41-53/h1-42H. The number of hydrogen-bond acceptors (Lipinski definition) is 3. The van der Waals surface area contributed by atoms with Crippen molar-refractivity contribution in [2.24, 2.45) is 0 Å². The fourth-order valence-electron chi connectivity index (χ4n) is 9.45. The lowest BCUT2D eigenvalue weighted by molar-refractivity contribution is 1.29. The second kappa shape index (κ2) is 16.5. The van der Waals surface area contributed by atoms with Crippen molar-refractivity contribution in [3.63, 3.8) is 0 Å². The van der Waals surface area contributed by atoms with Crippen LogP contribution in [0.2, 0.25) is 0 Å². The summed E-state index contributed by atoms with van der Waals surface area (Å²) < 4.78 is 2.61. The Hall–Kier alpha value is -8.24. The molecular formula is C62H42N2S. The topological polar surface area (TPSA) is 6.48 Å². The molecule has 11 aromatic carbocycles. The molecule has 0 unspecified atom stereocenters. The third-order valence-corrected chi connectivity index (χ3v) is 13.8. The third kappa shape index (κ3) is 7.19. The first-order valence-corrected chi connectivity index (χ1v) is 23.0. The fourth-order valence-corrected chi connectivity index (χ4v) is 10.5. The summed E-state index contributed by atoms with van der Waals surface area (Å²) in [5.41, 5.74) is 13.9. The van der Waals surface area contributed by atoms with Crippen LogP contribution in [0, 0.1) is 0 Å². The predicted octanol–water partition coefficient (Wildman–Crippen LogP) is 18.3. The van der Waals surface area contributed by atoms with Crippen LogP contribution in [0.5, 0.6) is 0 Å². The largest absolute Gasteiger partial charge is 0.310 e. The Morgan fingerprint density at radius 3 is 1.25 bits per heavy atom. The summed E-state index contributed by atoms with van der Waals surface area (Å²) in [6.07, 6.45) is 0. The highest BCUT2D eigenvalue weighted by atomic mass is 32.1. The van der Waals surface area contributed by atoms with Crippen LogP contribution in [-0.4, -0.2) is 0 Å². The fraction of sp³-hybridized carbons (Fsp3) is 0. The first kappa shape index (κ1) is 38.4. The Labute approximate surface area is 383 Å². The summed E-state index contributed by atoms with van der Waals surface area (Å²) in [6.45, 7) is 0. The quantitative estimate of drug-likeness (QED) is 0.134.